The Balaban J connectivity index is 2.30. The molecule has 86 valence electrons. The molecule has 4 nitrogen and oxygen atoms in total. The fourth-order valence-corrected chi connectivity index (χ4v) is 1.96. The van der Waals surface area contributed by atoms with Crippen LogP contribution in [0.1, 0.15) is 30.1 Å². The standard InChI is InChI=1S/C12H16N2O2/c1-2-14(9-4-5-9)11-6-3-8(12(15)16)7-10(11)13/h3,6-7,9H,2,4-5,13H2,1H3,(H,15,16). The zero-order valence-corrected chi connectivity index (χ0v) is 9.31. The quantitative estimate of drug-likeness (QED) is 0.761. The van der Waals surface area contributed by atoms with E-state index in [1.165, 1.54) is 18.9 Å². The lowest BCUT2D eigenvalue weighted by molar-refractivity contribution is 0.0697. The molecule has 0 spiro atoms. The number of anilines is 2. The monoisotopic (exact) mass is 220 g/mol. The maximum absolute atomic E-state index is 10.8. The highest BCUT2D eigenvalue weighted by Gasteiger charge is 2.29. The van der Waals surface area contributed by atoms with Crippen LogP contribution in [0.3, 0.4) is 0 Å². The molecule has 0 heterocycles. The van der Waals surface area contributed by atoms with Gasteiger partial charge >= 0.3 is 5.97 Å². The molecule has 0 amide bonds. The molecule has 3 N–H and O–H groups in total. The summed E-state index contributed by atoms with van der Waals surface area (Å²) >= 11 is 0. The molecule has 16 heavy (non-hydrogen) atoms. The minimum atomic E-state index is -0.937. The van der Waals surface area contributed by atoms with Crippen molar-refractivity contribution >= 4 is 17.3 Å². The summed E-state index contributed by atoms with van der Waals surface area (Å²) in [5.74, 6) is -0.937. The summed E-state index contributed by atoms with van der Waals surface area (Å²) in [6.07, 6.45) is 2.40. The van der Waals surface area contributed by atoms with Gasteiger partial charge in [-0.05, 0) is 38.0 Å². The molecule has 1 aromatic carbocycles. The number of carboxylic acids is 1. The normalized spacial score (nSPS) is 14.8. The third-order valence-corrected chi connectivity index (χ3v) is 2.91. The summed E-state index contributed by atoms with van der Waals surface area (Å²) in [4.78, 5) is 13.0. The minimum Gasteiger partial charge on any atom is -0.478 e. The van der Waals surface area contributed by atoms with Gasteiger partial charge in [0.05, 0.1) is 16.9 Å². The Hall–Kier alpha value is -1.71. The number of benzene rings is 1. The maximum Gasteiger partial charge on any atom is 0.335 e. The molecule has 0 unspecified atom stereocenters. The van der Waals surface area contributed by atoms with Gasteiger partial charge in [0.1, 0.15) is 0 Å². The first-order valence-electron chi connectivity index (χ1n) is 5.53. The molecule has 0 aliphatic heterocycles. The van der Waals surface area contributed by atoms with E-state index in [1.807, 2.05) is 0 Å². The van der Waals surface area contributed by atoms with E-state index in [2.05, 4.69) is 11.8 Å². The second-order valence-corrected chi connectivity index (χ2v) is 4.10. The number of rotatable bonds is 4. The molecule has 1 saturated carbocycles. The summed E-state index contributed by atoms with van der Waals surface area (Å²) in [7, 11) is 0. The fourth-order valence-electron chi connectivity index (χ4n) is 1.96. The number of hydrogen-bond donors (Lipinski definition) is 2. The van der Waals surface area contributed by atoms with Crippen LogP contribution in [0.25, 0.3) is 0 Å². The average Bonchev–Trinajstić information content (AvgIpc) is 3.05. The summed E-state index contributed by atoms with van der Waals surface area (Å²) in [5, 5.41) is 8.85. The molecule has 0 radical (unpaired) electrons. The number of nitrogens with zero attached hydrogens (tertiary/aromatic N) is 1. The van der Waals surface area contributed by atoms with E-state index >= 15 is 0 Å². The zero-order chi connectivity index (χ0) is 11.7. The van der Waals surface area contributed by atoms with E-state index in [-0.39, 0.29) is 5.56 Å². The second-order valence-electron chi connectivity index (χ2n) is 4.10. The number of carboxylic acid groups (broad SMARTS) is 1. The van der Waals surface area contributed by atoms with Gasteiger partial charge in [0.2, 0.25) is 0 Å². The Labute approximate surface area is 94.7 Å². The van der Waals surface area contributed by atoms with Gasteiger partial charge in [0.15, 0.2) is 0 Å². The van der Waals surface area contributed by atoms with E-state index < -0.39 is 5.97 Å². The lowest BCUT2D eigenvalue weighted by Gasteiger charge is -2.24. The molecule has 0 atom stereocenters. The van der Waals surface area contributed by atoms with Crippen LogP contribution in [0.4, 0.5) is 11.4 Å². The van der Waals surface area contributed by atoms with E-state index in [0.29, 0.717) is 11.7 Å². The van der Waals surface area contributed by atoms with Crippen LogP contribution < -0.4 is 10.6 Å². The lowest BCUT2D eigenvalue weighted by atomic mass is 10.1. The first kappa shape index (κ1) is 10.8. The van der Waals surface area contributed by atoms with E-state index in [9.17, 15) is 4.79 Å². The van der Waals surface area contributed by atoms with Gasteiger partial charge in [-0.3, -0.25) is 0 Å². The van der Waals surface area contributed by atoms with E-state index in [1.54, 1.807) is 12.1 Å². The molecule has 1 aromatic rings. The molecule has 4 heteroatoms. The Morgan fingerprint density at radius 1 is 1.56 bits per heavy atom. The Morgan fingerprint density at radius 2 is 2.25 bits per heavy atom. The van der Waals surface area contributed by atoms with Gasteiger partial charge < -0.3 is 15.7 Å². The van der Waals surface area contributed by atoms with Crippen molar-refractivity contribution < 1.29 is 9.90 Å². The van der Waals surface area contributed by atoms with Crippen LogP contribution >= 0.6 is 0 Å². The van der Waals surface area contributed by atoms with E-state index in [0.717, 1.165) is 12.2 Å². The van der Waals surface area contributed by atoms with E-state index in [4.69, 9.17) is 10.8 Å². The Bertz CT molecular complexity index is 413. The molecule has 1 aliphatic carbocycles. The predicted octanol–water partition coefficient (Wildman–Crippen LogP) is 1.96. The van der Waals surface area contributed by atoms with Gasteiger partial charge in [-0.1, -0.05) is 0 Å². The largest absolute Gasteiger partial charge is 0.478 e. The molecule has 0 saturated heterocycles. The zero-order valence-electron chi connectivity index (χ0n) is 9.31. The van der Waals surface area contributed by atoms with Gasteiger partial charge in [-0.25, -0.2) is 4.79 Å². The van der Waals surface area contributed by atoms with Crippen molar-refractivity contribution in [3.8, 4) is 0 Å². The Kier molecular flexibility index (Phi) is 2.73. The van der Waals surface area contributed by atoms with Crippen LogP contribution in [0, 0.1) is 0 Å². The van der Waals surface area contributed by atoms with Crippen LogP contribution in [-0.2, 0) is 0 Å². The molecule has 1 aliphatic rings. The SMILES string of the molecule is CCN(c1ccc(C(=O)O)cc1N)C1CC1. The number of nitrogen functional groups attached to an aromatic ring is 1. The molecule has 2 rings (SSSR count). The molecule has 0 aromatic heterocycles. The van der Waals surface area contributed by atoms with Gasteiger partial charge in [0.25, 0.3) is 0 Å². The lowest BCUT2D eigenvalue weighted by Crippen LogP contribution is -2.26. The number of carbonyl (C=O) groups is 1. The first-order chi connectivity index (χ1) is 7.63. The third-order valence-electron chi connectivity index (χ3n) is 2.91. The topological polar surface area (TPSA) is 66.6 Å². The highest BCUT2D eigenvalue weighted by molar-refractivity contribution is 5.90. The third kappa shape index (κ3) is 1.96. The molecule has 1 fully saturated rings. The van der Waals surface area contributed by atoms with Crippen molar-refractivity contribution in [2.45, 2.75) is 25.8 Å². The van der Waals surface area contributed by atoms with Gasteiger partial charge in [-0.2, -0.15) is 0 Å². The summed E-state index contributed by atoms with van der Waals surface area (Å²) in [6.45, 7) is 2.99. The van der Waals surface area contributed by atoms with Crippen LogP contribution in [0.15, 0.2) is 18.2 Å². The smallest absolute Gasteiger partial charge is 0.335 e. The first-order valence-corrected chi connectivity index (χ1v) is 5.53. The fraction of sp³-hybridized carbons (Fsp3) is 0.417. The Morgan fingerprint density at radius 3 is 2.69 bits per heavy atom. The van der Waals surface area contributed by atoms with Crippen LogP contribution in [-0.4, -0.2) is 23.7 Å². The van der Waals surface area contributed by atoms with Gasteiger partial charge in [-0.15, -0.1) is 0 Å². The van der Waals surface area contributed by atoms with Crippen LogP contribution in [0.2, 0.25) is 0 Å². The van der Waals surface area contributed by atoms with Crippen LogP contribution in [0.5, 0.6) is 0 Å². The highest BCUT2D eigenvalue weighted by Crippen LogP contribution is 2.34. The second kappa shape index (κ2) is 4.04. The summed E-state index contributed by atoms with van der Waals surface area (Å²) < 4.78 is 0. The number of hydrogen-bond acceptors (Lipinski definition) is 3. The van der Waals surface area contributed by atoms with Crippen molar-refractivity contribution in [1.29, 1.82) is 0 Å². The van der Waals surface area contributed by atoms with Crippen molar-refractivity contribution in [3.05, 3.63) is 23.8 Å². The molecular formula is C12H16N2O2. The van der Waals surface area contributed by atoms with Crippen molar-refractivity contribution in [3.63, 3.8) is 0 Å². The molecule has 0 bridgehead atoms. The van der Waals surface area contributed by atoms with Crippen molar-refractivity contribution in [2.24, 2.45) is 0 Å². The summed E-state index contributed by atoms with van der Waals surface area (Å²) in [6, 6.07) is 5.53. The summed E-state index contributed by atoms with van der Waals surface area (Å²) in [5.41, 5.74) is 7.64. The van der Waals surface area contributed by atoms with Gasteiger partial charge in [0, 0.05) is 12.6 Å². The van der Waals surface area contributed by atoms with Crippen molar-refractivity contribution in [1.82, 2.24) is 0 Å². The predicted molar refractivity (Wildman–Crippen MR) is 63.9 cm³/mol. The highest BCUT2D eigenvalue weighted by atomic mass is 16.4. The number of aromatic carboxylic acids is 1. The minimum absolute atomic E-state index is 0.244. The maximum atomic E-state index is 10.8. The number of nitrogens with two attached hydrogens (primary N) is 1. The average molecular weight is 220 g/mol. The van der Waals surface area contributed by atoms with Crippen molar-refractivity contribution in [2.75, 3.05) is 17.2 Å². The molecular weight excluding hydrogens is 204 g/mol.